The average Bonchev–Trinajstić information content (AvgIpc) is 3.19. The molecular weight excluding hydrogens is 605 g/mol. The molecule has 50 heavy (non-hydrogen) atoms. The minimum Gasteiger partial charge on any atom is -0.289 e. The number of pyridine rings is 1. The highest BCUT2D eigenvalue weighted by Crippen LogP contribution is 2.46. The summed E-state index contributed by atoms with van der Waals surface area (Å²) >= 11 is 0. The van der Waals surface area contributed by atoms with Crippen molar-refractivity contribution < 1.29 is 0 Å². The van der Waals surface area contributed by atoms with Gasteiger partial charge in [0, 0.05) is 35.5 Å². The van der Waals surface area contributed by atoms with Gasteiger partial charge in [-0.2, -0.15) is 0 Å². The molecule has 3 atom stereocenters. The largest absolute Gasteiger partial charge is 0.289 e. The second kappa shape index (κ2) is 11.8. The molecule has 0 saturated carbocycles. The van der Waals surface area contributed by atoms with Crippen LogP contribution < -0.4 is 0 Å². The van der Waals surface area contributed by atoms with Gasteiger partial charge in [-0.25, -0.2) is 0 Å². The van der Waals surface area contributed by atoms with Crippen LogP contribution in [0.5, 0.6) is 0 Å². The van der Waals surface area contributed by atoms with Gasteiger partial charge in [-0.3, -0.25) is 9.98 Å². The van der Waals surface area contributed by atoms with Crippen molar-refractivity contribution in [3.05, 3.63) is 176 Å². The Balaban J connectivity index is 1.17. The maximum atomic E-state index is 5.02. The van der Waals surface area contributed by atoms with Crippen LogP contribution in [-0.4, -0.2) is 17.2 Å². The smallest absolute Gasteiger partial charge is 0.0742 e. The van der Waals surface area contributed by atoms with Gasteiger partial charge >= 0.3 is 0 Å². The van der Waals surface area contributed by atoms with Crippen molar-refractivity contribution in [1.29, 1.82) is 0 Å². The molecule has 0 saturated heterocycles. The van der Waals surface area contributed by atoms with Crippen molar-refractivity contribution in [1.82, 2.24) is 4.98 Å². The van der Waals surface area contributed by atoms with Gasteiger partial charge in [0.1, 0.15) is 0 Å². The van der Waals surface area contributed by atoms with Gasteiger partial charge in [0.15, 0.2) is 0 Å². The number of benzene rings is 7. The van der Waals surface area contributed by atoms with E-state index in [1.165, 1.54) is 65.3 Å². The third-order valence-electron chi connectivity index (χ3n) is 10.8. The lowest BCUT2D eigenvalue weighted by Crippen LogP contribution is -2.25. The van der Waals surface area contributed by atoms with Crippen LogP contribution in [0.15, 0.2) is 175 Å². The Labute approximate surface area is 291 Å². The summed E-state index contributed by atoms with van der Waals surface area (Å²) in [4.78, 5) is 9.87. The minimum absolute atomic E-state index is 0.230. The van der Waals surface area contributed by atoms with E-state index < -0.39 is 0 Å². The molecule has 0 amide bonds. The van der Waals surface area contributed by atoms with Crippen LogP contribution in [0.3, 0.4) is 0 Å². The van der Waals surface area contributed by atoms with E-state index in [2.05, 4.69) is 170 Å². The highest BCUT2D eigenvalue weighted by molar-refractivity contribution is 6.22. The second-order valence-corrected chi connectivity index (χ2v) is 13.7. The van der Waals surface area contributed by atoms with Gasteiger partial charge in [0.05, 0.1) is 6.04 Å². The Morgan fingerprint density at radius 2 is 1.04 bits per heavy atom. The quantitative estimate of drug-likeness (QED) is 0.176. The predicted molar refractivity (Wildman–Crippen MR) is 212 cm³/mol. The molecule has 2 heterocycles. The number of rotatable bonds is 4. The van der Waals surface area contributed by atoms with Gasteiger partial charge in [-0.1, -0.05) is 140 Å². The van der Waals surface area contributed by atoms with E-state index in [1.807, 2.05) is 6.20 Å². The second-order valence-electron chi connectivity index (χ2n) is 13.7. The summed E-state index contributed by atoms with van der Waals surface area (Å²) in [5.41, 5.74) is 8.35. The fraction of sp³-hybridized carbons (Fsp3) is 0.0833. The summed E-state index contributed by atoms with van der Waals surface area (Å²) in [6.45, 7) is 0. The van der Waals surface area contributed by atoms with Crippen LogP contribution in [0.1, 0.15) is 18.0 Å². The summed E-state index contributed by atoms with van der Waals surface area (Å²) in [5.74, 6) is 0.672. The van der Waals surface area contributed by atoms with Crippen LogP contribution in [0.4, 0.5) is 0 Å². The van der Waals surface area contributed by atoms with E-state index in [0.717, 1.165) is 23.2 Å². The highest BCUT2D eigenvalue weighted by Gasteiger charge is 2.27. The molecule has 0 spiro atoms. The average molecular weight is 639 g/mol. The standard InChI is InChI=1S/C48H34N2/c1-3-11-33-25-37(19-17-31(33)9-1)47-41-14-6-7-15-42(41)48(38-20-18-32-10-2-4-12-34(32)26-38)44-28-35(21-23-43(44)47)39-22-24-46(49-29-39)40-27-36-13-5-8-16-45(36)50-30-40/h1-26,28-30,36,40,45H,27H2. The number of hydrogen-bond donors (Lipinski definition) is 0. The monoisotopic (exact) mass is 638 g/mol. The lowest BCUT2D eigenvalue weighted by molar-refractivity contribution is 0.489. The number of aliphatic imine (C=N–C) groups is 1. The Kier molecular flexibility index (Phi) is 6.80. The third-order valence-corrected chi connectivity index (χ3v) is 10.8. The van der Waals surface area contributed by atoms with Gasteiger partial charge < -0.3 is 0 Å². The Morgan fingerprint density at radius 3 is 1.72 bits per heavy atom. The zero-order valence-corrected chi connectivity index (χ0v) is 27.6. The molecule has 236 valence electrons. The zero-order chi connectivity index (χ0) is 33.0. The maximum absolute atomic E-state index is 5.02. The molecule has 0 bridgehead atoms. The molecule has 1 aromatic heterocycles. The fourth-order valence-electron chi connectivity index (χ4n) is 8.24. The summed E-state index contributed by atoms with van der Waals surface area (Å²) in [6.07, 6.45) is 13.9. The van der Waals surface area contributed by atoms with E-state index in [9.17, 15) is 0 Å². The lowest BCUT2D eigenvalue weighted by atomic mass is 9.82. The van der Waals surface area contributed by atoms with Crippen molar-refractivity contribution in [3.8, 4) is 33.4 Å². The molecule has 0 N–H and O–H groups in total. The summed E-state index contributed by atoms with van der Waals surface area (Å²) < 4.78 is 0. The topological polar surface area (TPSA) is 25.2 Å². The molecule has 2 nitrogen and oxygen atoms in total. The van der Waals surface area contributed by atoms with E-state index >= 15 is 0 Å². The van der Waals surface area contributed by atoms with Crippen molar-refractivity contribution in [2.45, 2.75) is 18.4 Å². The number of allylic oxidation sites excluding steroid dienone is 2. The highest BCUT2D eigenvalue weighted by atomic mass is 14.8. The Hall–Kier alpha value is -6.12. The number of hydrogen-bond acceptors (Lipinski definition) is 2. The van der Waals surface area contributed by atoms with Crippen LogP contribution in [0.25, 0.3) is 76.5 Å². The predicted octanol–water partition coefficient (Wildman–Crippen LogP) is 12.4. The Morgan fingerprint density at radius 1 is 0.460 bits per heavy atom. The molecule has 3 unspecified atom stereocenters. The van der Waals surface area contributed by atoms with Crippen LogP contribution in [-0.2, 0) is 0 Å². The van der Waals surface area contributed by atoms with Crippen molar-refractivity contribution >= 4 is 49.3 Å². The summed E-state index contributed by atoms with van der Waals surface area (Å²) in [6, 6.07) is 51.7. The fourth-order valence-corrected chi connectivity index (χ4v) is 8.24. The normalized spacial score (nSPS) is 18.3. The molecule has 1 aliphatic carbocycles. The first kappa shape index (κ1) is 28.9. The molecule has 2 aliphatic rings. The van der Waals surface area contributed by atoms with Crippen LogP contribution >= 0.6 is 0 Å². The lowest BCUT2D eigenvalue weighted by Gasteiger charge is -2.28. The first-order chi connectivity index (χ1) is 24.8. The van der Waals surface area contributed by atoms with Crippen LogP contribution in [0, 0.1) is 5.92 Å². The molecule has 10 rings (SSSR count). The van der Waals surface area contributed by atoms with E-state index in [1.54, 1.807) is 0 Å². The first-order valence-corrected chi connectivity index (χ1v) is 17.6. The molecule has 0 radical (unpaired) electrons. The maximum Gasteiger partial charge on any atom is 0.0742 e. The van der Waals surface area contributed by atoms with E-state index in [4.69, 9.17) is 9.98 Å². The summed E-state index contributed by atoms with van der Waals surface area (Å²) in [5, 5.41) is 10.0. The van der Waals surface area contributed by atoms with Gasteiger partial charge in [-0.15, -0.1) is 0 Å². The number of nitrogens with zero attached hydrogens (tertiary/aromatic N) is 2. The van der Waals surface area contributed by atoms with Crippen molar-refractivity contribution in [3.63, 3.8) is 0 Å². The van der Waals surface area contributed by atoms with E-state index in [0.29, 0.717) is 5.92 Å². The number of aromatic nitrogens is 1. The van der Waals surface area contributed by atoms with Crippen molar-refractivity contribution in [2.75, 3.05) is 0 Å². The van der Waals surface area contributed by atoms with E-state index in [-0.39, 0.29) is 12.0 Å². The van der Waals surface area contributed by atoms with Crippen molar-refractivity contribution in [2.24, 2.45) is 10.9 Å². The zero-order valence-electron chi connectivity index (χ0n) is 27.6. The molecule has 7 aromatic carbocycles. The minimum atomic E-state index is 0.230. The summed E-state index contributed by atoms with van der Waals surface area (Å²) in [7, 11) is 0. The van der Waals surface area contributed by atoms with Gasteiger partial charge in [0.2, 0.25) is 0 Å². The number of fused-ring (bicyclic) bond motifs is 5. The molecule has 8 aromatic rings. The van der Waals surface area contributed by atoms with Gasteiger partial charge in [-0.05, 0) is 102 Å². The molecule has 2 heteroatoms. The first-order valence-electron chi connectivity index (χ1n) is 17.6. The molecule has 1 aliphatic heterocycles. The molecule has 0 fully saturated rings. The Bertz CT molecular complexity index is 2700. The third kappa shape index (κ3) is 4.87. The van der Waals surface area contributed by atoms with Gasteiger partial charge in [0.25, 0.3) is 0 Å². The molecular formula is C48H34N2. The van der Waals surface area contributed by atoms with Crippen LogP contribution in [0.2, 0.25) is 0 Å². The SMILES string of the molecule is C1=CC2CC(c3ccc(-c4ccc5c(-c6ccc7ccccc7c6)c6ccccc6c(-c6ccc7ccccc7c6)c5c4)cn3)C=NC2C=C1.